The second-order valence-electron chi connectivity index (χ2n) is 23.1. The highest BCUT2D eigenvalue weighted by atomic mass is 31.2. The molecule has 0 heterocycles. The van der Waals surface area contributed by atoms with Crippen LogP contribution in [0, 0.1) is 0 Å². The van der Waals surface area contributed by atoms with Gasteiger partial charge in [0.05, 0.1) is 27.7 Å². The maximum absolute atomic E-state index is 12.9. The van der Waals surface area contributed by atoms with E-state index in [4.69, 9.17) is 18.5 Å². The maximum atomic E-state index is 12.9. The van der Waals surface area contributed by atoms with Crippen molar-refractivity contribution in [2.45, 2.75) is 251 Å². The lowest BCUT2D eigenvalue weighted by Crippen LogP contribution is -2.37. The molecule has 0 spiro atoms. The zero-order valence-corrected chi connectivity index (χ0v) is 56.1. The number of carbonyl (C=O) groups is 2. The van der Waals surface area contributed by atoms with Gasteiger partial charge in [0.2, 0.25) is 0 Å². The van der Waals surface area contributed by atoms with Gasteiger partial charge >= 0.3 is 19.8 Å². The fraction of sp³-hybridized carbons (Fsp3) is 0.605. The van der Waals surface area contributed by atoms with Crippen LogP contribution in [-0.4, -0.2) is 74.9 Å². The van der Waals surface area contributed by atoms with Crippen LogP contribution in [0.15, 0.2) is 170 Å². The molecule has 2 unspecified atom stereocenters. The highest BCUT2D eigenvalue weighted by Gasteiger charge is 2.27. The molecule has 2 atom stereocenters. The van der Waals surface area contributed by atoms with E-state index in [0.29, 0.717) is 17.4 Å². The topological polar surface area (TPSA) is 108 Å². The highest BCUT2D eigenvalue weighted by Crippen LogP contribution is 2.43. The molecule has 0 saturated heterocycles. The molecule has 0 bridgehead atoms. The van der Waals surface area contributed by atoms with E-state index in [1.165, 1.54) is 77.0 Å². The Morgan fingerprint density at radius 3 is 0.930 bits per heavy atom. The van der Waals surface area contributed by atoms with E-state index < -0.39 is 26.5 Å². The predicted octanol–water partition coefficient (Wildman–Crippen LogP) is 22.2. The number of hydrogen-bond acceptors (Lipinski definition) is 7. The molecule has 0 aromatic rings. The molecule has 0 aliphatic heterocycles. The highest BCUT2D eigenvalue weighted by molar-refractivity contribution is 7.47. The van der Waals surface area contributed by atoms with E-state index in [2.05, 4.69) is 184 Å². The monoisotopic (exact) mass is 1210 g/mol. The standard InChI is InChI=1S/C76H124NO8P/c1-6-8-10-12-14-16-18-20-22-24-26-28-30-32-34-36-37-38-39-41-42-44-46-48-50-52-54-56-58-60-62-64-66-68-75(78)82-72-74(73-84-86(80,81)83-71-70-77(3,4)5)85-76(79)69-67-65-63-61-59-57-55-53-51-49-47-45-43-40-35-33-31-29-27-25-23-21-19-17-15-13-11-9-7-2/h8-11,14-17,20-23,26-29,32-35,37-38,43,45,49,51,55,57,74H,6-7,12-13,18-19,24-25,30-31,36,39-42,44,46-48,50,52-54,56,58-73H2,1-5H3/p+1/b10-8-,11-9-,16-14-,17-15-,22-20-,23-21-,28-26-,29-27-,34-32-,35-33-,38-37-,45-43-,51-49-,57-55-. The van der Waals surface area contributed by atoms with Crippen molar-refractivity contribution in [2.24, 2.45) is 0 Å². The molecule has 9 nitrogen and oxygen atoms in total. The minimum atomic E-state index is -4.41. The van der Waals surface area contributed by atoms with Gasteiger partial charge < -0.3 is 18.9 Å². The van der Waals surface area contributed by atoms with Gasteiger partial charge in [0, 0.05) is 12.8 Å². The van der Waals surface area contributed by atoms with Crippen molar-refractivity contribution in [2.75, 3.05) is 47.5 Å². The van der Waals surface area contributed by atoms with E-state index in [0.717, 1.165) is 135 Å². The normalized spacial score (nSPS) is 14.3. The van der Waals surface area contributed by atoms with Crippen LogP contribution in [0.2, 0.25) is 0 Å². The lowest BCUT2D eigenvalue weighted by molar-refractivity contribution is -0.870. The SMILES string of the molecule is CC/C=C\C/C=C\C/C=C\C/C=C\C/C=C\C/C=C\C/C=C\C/C=C\CCCCCCC(=O)OC(COC(=O)CCCCCCCCCCCCCCCC/C=C\C/C=C\C/C=C\C/C=C\C/C=C\C/C=C\CC)COP(=O)(O)OCC[N+](C)(C)C. The van der Waals surface area contributed by atoms with Crippen molar-refractivity contribution in [1.82, 2.24) is 0 Å². The zero-order valence-electron chi connectivity index (χ0n) is 55.2. The van der Waals surface area contributed by atoms with Crippen LogP contribution in [0.5, 0.6) is 0 Å². The van der Waals surface area contributed by atoms with Gasteiger partial charge in [0.1, 0.15) is 19.8 Å². The fourth-order valence-corrected chi connectivity index (χ4v) is 9.36. The molecular weight excluding hydrogens is 1090 g/mol. The second kappa shape index (κ2) is 64.8. The van der Waals surface area contributed by atoms with Crippen molar-refractivity contribution < 1.29 is 42.1 Å². The van der Waals surface area contributed by atoms with E-state index in [9.17, 15) is 19.0 Å². The van der Waals surface area contributed by atoms with Crippen LogP contribution < -0.4 is 0 Å². The Kier molecular flexibility index (Phi) is 61.3. The molecule has 0 rings (SSSR count). The first-order chi connectivity index (χ1) is 42.0. The number of esters is 2. The molecule has 0 aromatic carbocycles. The lowest BCUT2D eigenvalue weighted by atomic mass is 10.0. The van der Waals surface area contributed by atoms with E-state index in [-0.39, 0.29) is 32.0 Å². The third-order valence-electron chi connectivity index (χ3n) is 13.7. The Morgan fingerprint density at radius 2 is 0.628 bits per heavy atom. The third kappa shape index (κ3) is 68.5. The molecule has 0 radical (unpaired) electrons. The minimum Gasteiger partial charge on any atom is -0.462 e. The van der Waals surface area contributed by atoms with Crippen molar-refractivity contribution in [3.8, 4) is 0 Å². The minimum absolute atomic E-state index is 0.0173. The van der Waals surface area contributed by atoms with Gasteiger partial charge in [-0.3, -0.25) is 18.6 Å². The van der Waals surface area contributed by atoms with Crippen LogP contribution >= 0.6 is 7.82 Å². The summed E-state index contributed by atoms with van der Waals surface area (Å²) in [5.41, 5.74) is 0. The van der Waals surface area contributed by atoms with Gasteiger partial charge in [-0.1, -0.05) is 274 Å². The maximum Gasteiger partial charge on any atom is 0.472 e. The molecule has 1 N–H and O–H groups in total. The number of quaternary nitrogens is 1. The number of allylic oxidation sites excluding steroid dienone is 28. The average Bonchev–Trinajstić information content (AvgIpc) is 3.67. The van der Waals surface area contributed by atoms with Gasteiger partial charge in [-0.15, -0.1) is 0 Å². The zero-order chi connectivity index (χ0) is 62.6. The van der Waals surface area contributed by atoms with E-state index >= 15 is 0 Å². The summed E-state index contributed by atoms with van der Waals surface area (Å²) in [6, 6.07) is 0. The van der Waals surface area contributed by atoms with Crippen LogP contribution in [-0.2, 0) is 32.7 Å². The number of phosphoric acid groups is 1. The van der Waals surface area contributed by atoms with Crippen LogP contribution in [0.25, 0.3) is 0 Å². The largest absolute Gasteiger partial charge is 0.472 e. The Morgan fingerprint density at radius 1 is 0.360 bits per heavy atom. The summed E-state index contributed by atoms with van der Waals surface area (Å²) in [5, 5.41) is 0. The van der Waals surface area contributed by atoms with Gasteiger partial charge in [0.15, 0.2) is 6.10 Å². The molecule has 0 aromatic heterocycles. The Balaban J connectivity index is 4.17. The smallest absolute Gasteiger partial charge is 0.462 e. The van der Waals surface area contributed by atoms with Crippen LogP contribution in [0.1, 0.15) is 245 Å². The van der Waals surface area contributed by atoms with Gasteiger partial charge in [-0.25, -0.2) is 4.57 Å². The van der Waals surface area contributed by atoms with Crippen molar-refractivity contribution in [3.63, 3.8) is 0 Å². The summed E-state index contributed by atoms with van der Waals surface area (Å²) in [7, 11) is 1.44. The van der Waals surface area contributed by atoms with Gasteiger partial charge in [-0.05, 0) is 128 Å². The van der Waals surface area contributed by atoms with Crippen LogP contribution in [0.4, 0.5) is 0 Å². The van der Waals surface area contributed by atoms with E-state index in [1.54, 1.807) is 0 Å². The quantitative estimate of drug-likeness (QED) is 0.0211. The summed E-state index contributed by atoms with van der Waals surface area (Å²) in [4.78, 5) is 35.9. The molecule has 0 aliphatic carbocycles. The predicted molar refractivity (Wildman–Crippen MR) is 371 cm³/mol. The summed E-state index contributed by atoms with van der Waals surface area (Å²) in [6.45, 7) is 4.16. The molecule has 0 saturated carbocycles. The average molecular weight is 1210 g/mol. The van der Waals surface area contributed by atoms with Crippen molar-refractivity contribution in [3.05, 3.63) is 170 Å². The third-order valence-corrected chi connectivity index (χ3v) is 14.7. The summed E-state index contributed by atoms with van der Waals surface area (Å²) in [6.07, 6.45) is 98.7. The molecule has 0 aliphatic rings. The number of unbranched alkanes of at least 4 members (excludes halogenated alkanes) is 18. The summed E-state index contributed by atoms with van der Waals surface area (Å²) < 4.78 is 34.7. The molecule has 0 fully saturated rings. The van der Waals surface area contributed by atoms with E-state index in [1.807, 2.05) is 21.1 Å². The number of nitrogens with zero attached hydrogens (tertiary/aromatic N) is 1. The summed E-state index contributed by atoms with van der Waals surface area (Å²) in [5.74, 6) is -0.837. The number of rotatable bonds is 60. The van der Waals surface area contributed by atoms with Gasteiger partial charge in [-0.2, -0.15) is 0 Å². The van der Waals surface area contributed by atoms with Gasteiger partial charge in [0.25, 0.3) is 0 Å². The first-order valence-electron chi connectivity index (χ1n) is 33.9. The molecule has 86 heavy (non-hydrogen) atoms. The van der Waals surface area contributed by atoms with Crippen molar-refractivity contribution in [1.29, 1.82) is 0 Å². The van der Waals surface area contributed by atoms with Crippen molar-refractivity contribution >= 4 is 19.8 Å². The van der Waals surface area contributed by atoms with Crippen LogP contribution in [0.3, 0.4) is 0 Å². The Hall–Kier alpha value is -4.63. The Labute approximate surface area is 528 Å². The molecule has 10 heteroatoms. The molecule has 0 amide bonds. The second-order valence-corrected chi connectivity index (χ2v) is 24.5. The number of phosphoric ester groups is 1. The number of hydrogen-bond donors (Lipinski definition) is 1. The first kappa shape index (κ1) is 81.4. The number of ether oxygens (including phenoxy) is 2. The molecule has 486 valence electrons. The number of likely N-dealkylation sites (N-methyl/N-ethyl adjacent to an activating group) is 1. The summed E-state index contributed by atoms with van der Waals surface area (Å²) >= 11 is 0. The first-order valence-corrected chi connectivity index (χ1v) is 35.4. The number of carbonyl (C=O) groups excluding carboxylic acids is 2. The molecular formula is C76H125NO8P+. The fourth-order valence-electron chi connectivity index (χ4n) is 8.62. The Bertz CT molecular complexity index is 2060. The lowest BCUT2D eigenvalue weighted by Gasteiger charge is -2.24.